The van der Waals surface area contributed by atoms with E-state index in [0.29, 0.717) is 5.56 Å². The Morgan fingerprint density at radius 2 is 2.08 bits per heavy atom. The van der Waals surface area contributed by atoms with Crippen LogP contribution in [0.1, 0.15) is 21.8 Å². The summed E-state index contributed by atoms with van der Waals surface area (Å²) in [6, 6.07) is 9.98. The highest BCUT2D eigenvalue weighted by Crippen LogP contribution is 2.23. The Morgan fingerprint density at radius 1 is 1.17 bits per heavy atom. The number of benzene rings is 1. The maximum atomic E-state index is 12.4. The number of carbonyl (C=O) groups is 1. The fraction of sp³-hybridized carbons (Fsp3) is 0.333. The quantitative estimate of drug-likeness (QED) is 0.734. The summed E-state index contributed by atoms with van der Waals surface area (Å²) in [4.78, 5) is 21.5. The van der Waals surface area contributed by atoms with Crippen LogP contribution in [0.15, 0.2) is 47.3 Å². The Balaban J connectivity index is 1.40. The summed E-state index contributed by atoms with van der Waals surface area (Å²) in [5.74, 6) is 0.0607. The molecule has 0 spiro atoms. The molecule has 1 aliphatic rings. The molecule has 24 heavy (non-hydrogen) atoms. The molecule has 0 saturated carbocycles. The number of aromatic nitrogens is 1. The van der Waals surface area contributed by atoms with E-state index < -0.39 is 0 Å². The van der Waals surface area contributed by atoms with Gasteiger partial charge in [0.15, 0.2) is 0 Å². The van der Waals surface area contributed by atoms with Crippen LogP contribution in [0, 0.1) is 0 Å². The number of nitrogens with zero attached hydrogens (tertiary/aromatic N) is 3. The third-order valence-electron chi connectivity index (χ3n) is 4.34. The average Bonchev–Trinajstić information content (AvgIpc) is 3.20. The normalized spacial score (nSPS) is 16.4. The third-order valence-corrected chi connectivity index (χ3v) is 5.36. The summed E-state index contributed by atoms with van der Waals surface area (Å²) in [6.45, 7) is 4.26. The molecule has 1 saturated heterocycles. The molecule has 1 amide bonds. The van der Waals surface area contributed by atoms with Crippen molar-refractivity contribution in [1.29, 1.82) is 0 Å². The zero-order chi connectivity index (χ0) is 16.4. The van der Waals surface area contributed by atoms with Crippen molar-refractivity contribution in [3.8, 4) is 0 Å². The summed E-state index contributed by atoms with van der Waals surface area (Å²) < 4.78 is 6.26. The van der Waals surface area contributed by atoms with Crippen molar-refractivity contribution in [1.82, 2.24) is 14.8 Å². The molecule has 0 N–H and O–H groups in total. The molecule has 5 nitrogen and oxygen atoms in total. The van der Waals surface area contributed by atoms with Crippen LogP contribution in [0.2, 0.25) is 0 Å². The largest absolute Gasteiger partial charge is 0.472 e. The fourth-order valence-electron chi connectivity index (χ4n) is 3.08. The highest BCUT2D eigenvalue weighted by Gasteiger charge is 2.21. The summed E-state index contributed by atoms with van der Waals surface area (Å²) in [7, 11) is 0. The van der Waals surface area contributed by atoms with Gasteiger partial charge in [0.25, 0.3) is 5.91 Å². The lowest BCUT2D eigenvalue weighted by Crippen LogP contribution is -2.34. The van der Waals surface area contributed by atoms with Gasteiger partial charge in [-0.1, -0.05) is 12.1 Å². The van der Waals surface area contributed by atoms with Crippen LogP contribution in [-0.4, -0.2) is 46.9 Å². The van der Waals surface area contributed by atoms with Gasteiger partial charge in [0.05, 0.1) is 28.6 Å². The van der Waals surface area contributed by atoms with Gasteiger partial charge in [-0.2, -0.15) is 0 Å². The van der Waals surface area contributed by atoms with E-state index in [-0.39, 0.29) is 5.91 Å². The second kappa shape index (κ2) is 6.75. The minimum atomic E-state index is 0.0607. The van der Waals surface area contributed by atoms with Crippen LogP contribution in [0.25, 0.3) is 10.2 Å². The maximum Gasteiger partial charge on any atom is 0.257 e. The van der Waals surface area contributed by atoms with Gasteiger partial charge in [0.2, 0.25) is 0 Å². The summed E-state index contributed by atoms with van der Waals surface area (Å²) >= 11 is 1.76. The fourth-order valence-corrected chi connectivity index (χ4v) is 4.09. The van der Waals surface area contributed by atoms with Gasteiger partial charge in [-0.3, -0.25) is 9.69 Å². The van der Waals surface area contributed by atoms with Crippen molar-refractivity contribution in [3.05, 3.63) is 53.4 Å². The van der Waals surface area contributed by atoms with Crippen LogP contribution in [-0.2, 0) is 6.54 Å². The van der Waals surface area contributed by atoms with Gasteiger partial charge >= 0.3 is 0 Å². The lowest BCUT2D eigenvalue weighted by molar-refractivity contribution is 0.0760. The van der Waals surface area contributed by atoms with E-state index in [2.05, 4.69) is 23.1 Å². The van der Waals surface area contributed by atoms with Crippen molar-refractivity contribution < 1.29 is 9.21 Å². The minimum Gasteiger partial charge on any atom is -0.472 e. The molecular formula is C18H19N3O2S. The number of thiazole rings is 1. The standard InChI is InChI=1S/C18H19N3O2S/c22-18(14-6-11-23-13-14)21-8-3-7-20(9-10-21)12-17-19-15-4-1-2-5-16(15)24-17/h1-2,4-6,11,13H,3,7-10,12H2. The van der Waals surface area contributed by atoms with Crippen molar-refractivity contribution in [2.45, 2.75) is 13.0 Å². The van der Waals surface area contributed by atoms with Gasteiger partial charge in [-0.05, 0) is 24.6 Å². The first kappa shape index (κ1) is 15.4. The smallest absolute Gasteiger partial charge is 0.257 e. The van der Waals surface area contributed by atoms with Crippen molar-refractivity contribution in [2.75, 3.05) is 26.2 Å². The van der Waals surface area contributed by atoms with Crippen molar-refractivity contribution >= 4 is 27.5 Å². The number of hydrogen-bond donors (Lipinski definition) is 0. The van der Waals surface area contributed by atoms with Crippen LogP contribution in [0.5, 0.6) is 0 Å². The Kier molecular flexibility index (Phi) is 4.32. The van der Waals surface area contributed by atoms with Gasteiger partial charge in [0.1, 0.15) is 11.3 Å². The Labute approximate surface area is 144 Å². The monoisotopic (exact) mass is 341 g/mol. The van der Waals surface area contributed by atoms with E-state index in [9.17, 15) is 4.79 Å². The maximum absolute atomic E-state index is 12.4. The zero-order valence-electron chi connectivity index (χ0n) is 13.4. The molecule has 0 radical (unpaired) electrons. The van der Waals surface area contributed by atoms with Gasteiger partial charge in [-0.25, -0.2) is 4.98 Å². The lowest BCUT2D eigenvalue weighted by Gasteiger charge is -2.20. The predicted molar refractivity (Wildman–Crippen MR) is 94.1 cm³/mol. The Hall–Kier alpha value is -2.18. The van der Waals surface area contributed by atoms with E-state index in [4.69, 9.17) is 9.40 Å². The first-order valence-electron chi connectivity index (χ1n) is 8.18. The molecule has 1 aliphatic heterocycles. The Morgan fingerprint density at radius 3 is 2.92 bits per heavy atom. The number of rotatable bonds is 3. The van der Waals surface area contributed by atoms with E-state index >= 15 is 0 Å². The molecule has 1 fully saturated rings. The van der Waals surface area contributed by atoms with Crippen molar-refractivity contribution in [3.63, 3.8) is 0 Å². The van der Waals surface area contributed by atoms with Gasteiger partial charge in [-0.15, -0.1) is 11.3 Å². The first-order valence-corrected chi connectivity index (χ1v) is 8.99. The van der Waals surface area contributed by atoms with Crippen LogP contribution in [0.4, 0.5) is 0 Å². The van der Waals surface area contributed by atoms with E-state index in [0.717, 1.165) is 49.7 Å². The highest BCUT2D eigenvalue weighted by molar-refractivity contribution is 7.18. The van der Waals surface area contributed by atoms with Gasteiger partial charge < -0.3 is 9.32 Å². The number of para-hydroxylation sites is 1. The second-order valence-electron chi connectivity index (χ2n) is 6.01. The molecular weight excluding hydrogens is 322 g/mol. The highest BCUT2D eigenvalue weighted by atomic mass is 32.1. The number of carbonyl (C=O) groups excluding carboxylic acids is 1. The van der Waals surface area contributed by atoms with Crippen LogP contribution < -0.4 is 0 Å². The van der Waals surface area contributed by atoms with E-state index in [1.54, 1.807) is 23.7 Å². The molecule has 0 bridgehead atoms. The number of amides is 1. The van der Waals surface area contributed by atoms with E-state index in [1.165, 1.54) is 11.0 Å². The first-order chi connectivity index (χ1) is 11.8. The van der Waals surface area contributed by atoms with Crippen LogP contribution in [0.3, 0.4) is 0 Å². The summed E-state index contributed by atoms with van der Waals surface area (Å²) in [6.07, 6.45) is 4.05. The average molecular weight is 341 g/mol. The minimum absolute atomic E-state index is 0.0607. The molecule has 3 aromatic rings. The molecule has 3 heterocycles. The number of fused-ring (bicyclic) bond motifs is 1. The molecule has 0 atom stereocenters. The molecule has 1 aromatic carbocycles. The topological polar surface area (TPSA) is 49.6 Å². The van der Waals surface area contributed by atoms with Crippen molar-refractivity contribution in [2.24, 2.45) is 0 Å². The molecule has 0 aliphatic carbocycles. The molecule has 2 aromatic heterocycles. The number of furan rings is 1. The van der Waals surface area contributed by atoms with Crippen LogP contribution >= 0.6 is 11.3 Å². The SMILES string of the molecule is O=C(c1ccoc1)N1CCCN(Cc2nc3ccccc3s2)CC1. The second-order valence-corrected chi connectivity index (χ2v) is 7.12. The number of hydrogen-bond acceptors (Lipinski definition) is 5. The summed E-state index contributed by atoms with van der Waals surface area (Å²) in [5, 5.41) is 1.14. The third kappa shape index (κ3) is 3.20. The zero-order valence-corrected chi connectivity index (χ0v) is 14.2. The Bertz CT molecular complexity index is 795. The predicted octanol–water partition coefficient (Wildman–Crippen LogP) is 3.24. The molecule has 4 rings (SSSR count). The van der Waals surface area contributed by atoms with E-state index in [1.807, 2.05) is 11.0 Å². The molecule has 6 heteroatoms. The molecule has 0 unspecified atom stereocenters. The lowest BCUT2D eigenvalue weighted by atomic mass is 10.3. The summed E-state index contributed by atoms with van der Waals surface area (Å²) in [5.41, 5.74) is 1.71. The molecule has 124 valence electrons. The van der Waals surface area contributed by atoms with Gasteiger partial charge in [0, 0.05) is 26.2 Å².